The number of hydrogen-bond acceptors (Lipinski definition) is 8. The Bertz CT molecular complexity index is 954. The van der Waals surface area contributed by atoms with E-state index in [9.17, 15) is 9.18 Å². The van der Waals surface area contributed by atoms with Gasteiger partial charge in [0.25, 0.3) is 0 Å². The fraction of sp³-hybridized carbons (Fsp3) is 0.607. The summed E-state index contributed by atoms with van der Waals surface area (Å²) in [6.07, 6.45) is 9.12. The summed E-state index contributed by atoms with van der Waals surface area (Å²) in [6, 6.07) is 4.75. The number of rotatable bonds is 10. The van der Waals surface area contributed by atoms with Crippen molar-refractivity contribution in [1.82, 2.24) is 15.3 Å². The van der Waals surface area contributed by atoms with Crippen molar-refractivity contribution in [2.45, 2.75) is 38.7 Å². The summed E-state index contributed by atoms with van der Waals surface area (Å²) in [5, 5.41) is 3.16. The number of hydrogen-bond donors (Lipinski definition) is 1. The number of methoxy groups -OCH3 is 1. The fourth-order valence-corrected chi connectivity index (χ4v) is 5.18. The average molecular weight is 515 g/mol. The van der Waals surface area contributed by atoms with E-state index in [2.05, 4.69) is 20.2 Å². The van der Waals surface area contributed by atoms with E-state index in [0.29, 0.717) is 36.7 Å². The van der Waals surface area contributed by atoms with Crippen molar-refractivity contribution in [3.8, 4) is 5.75 Å². The average Bonchev–Trinajstić information content (AvgIpc) is 3.72. The van der Waals surface area contributed by atoms with Gasteiger partial charge < -0.3 is 29.2 Å². The molecule has 3 fully saturated rings. The van der Waals surface area contributed by atoms with Crippen molar-refractivity contribution in [1.29, 1.82) is 0 Å². The lowest BCUT2D eigenvalue weighted by Crippen LogP contribution is -2.35. The molecule has 1 saturated carbocycles. The molecule has 0 amide bonds. The van der Waals surface area contributed by atoms with Crippen molar-refractivity contribution in [2.24, 2.45) is 17.8 Å². The predicted molar refractivity (Wildman–Crippen MR) is 139 cm³/mol. The number of aromatic nitrogens is 2. The van der Waals surface area contributed by atoms with Crippen LogP contribution in [-0.2, 0) is 27.3 Å². The van der Waals surface area contributed by atoms with Crippen LogP contribution in [0.5, 0.6) is 5.75 Å². The normalized spacial score (nSPS) is 21.6. The number of piperidine rings is 1. The minimum Gasteiger partial charge on any atom is -0.493 e. The number of ether oxygens (including phenoxy) is 3. The molecular formula is C28H39FN4O4. The maximum atomic E-state index is 13.9. The number of anilines is 1. The summed E-state index contributed by atoms with van der Waals surface area (Å²) < 4.78 is 29.8. The summed E-state index contributed by atoms with van der Waals surface area (Å²) in [4.78, 5) is 21.8. The van der Waals surface area contributed by atoms with Crippen LogP contribution in [0.1, 0.15) is 36.8 Å². The highest BCUT2D eigenvalue weighted by molar-refractivity contribution is 5.55. The molecule has 37 heavy (non-hydrogen) atoms. The number of halogens is 1. The second kappa shape index (κ2) is 14.4. The molecule has 1 aliphatic carbocycles. The van der Waals surface area contributed by atoms with E-state index >= 15 is 0 Å². The first-order valence-electron chi connectivity index (χ1n) is 13.4. The molecule has 2 atom stereocenters. The molecule has 0 bridgehead atoms. The Morgan fingerprint density at radius 1 is 1.19 bits per heavy atom. The molecule has 3 aliphatic rings. The third-order valence-electron chi connectivity index (χ3n) is 7.34. The Morgan fingerprint density at radius 2 is 1.95 bits per heavy atom. The van der Waals surface area contributed by atoms with Gasteiger partial charge in [-0.25, -0.2) is 14.4 Å². The van der Waals surface area contributed by atoms with E-state index in [1.54, 1.807) is 19.2 Å². The van der Waals surface area contributed by atoms with E-state index < -0.39 is 0 Å². The first kappa shape index (κ1) is 27.4. The van der Waals surface area contributed by atoms with Gasteiger partial charge >= 0.3 is 0 Å². The highest BCUT2D eigenvalue weighted by atomic mass is 19.1. The van der Waals surface area contributed by atoms with Crippen LogP contribution in [0.3, 0.4) is 0 Å². The van der Waals surface area contributed by atoms with Crippen LogP contribution < -0.4 is 15.0 Å². The van der Waals surface area contributed by atoms with Gasteiger partial charge in [0.15, 0.2) is 0 Å². The zero-order valence-electron chi connectivity index (χ0n) is 21.7. The topological polar surface area (TPSA) is 85.8 Å². The molecule has 0 spiro atoms. The lowest BCUT2D eigenvalue weighted by molar-refractivity contribution is -0.107. The number of carbonyl (C=O) groups excluding carboxylic acids is 1. The monoisotopic (exact) mass is 514 g/mol. The number of nitrogens with one attached hydrogen (secondary N) is 1. The summed E-state index contributed by atoms with van der Waals surface area (Å²) in [7, 11) is 1.67. The number of aldehydes is 1. The molecule has 1 aromatic heterocycles. The molecule has 9 heteroatoms. The van der Waals surface area contributed by atoms with Gasteiger partial charge in [-0.1, -0.05) is 6.07 Å². The van der Waals surface area contributed by atoms with Crippen LogP contribution in [0, 0.1) is 23.6 Å². The molecule has 1 aromatic carbocycles. The number of carbonyl (C=O) groups is 1. The fourth-order valence-electron chi connectivity index (χ4n) is 5.18. The second-order valence-corrected chi connectivity index (χ2v) is 9.93. The minimum absolute atomic E-state index is 0.0972. The Morgan fingerprint density at radius 3 is 2.54 bits per heavy atom. The zero-order valence-corrected chi connectivity index (χ0v) is 21.7. The van der Waals surface area contributed by atoms with E-state index in [1.807, 2.05) is 12.4 Å². The van der Waals surface area contributed by atoms with Gasteiger partial charge in [0.05, 0.1) is 26.4 Å². The van der Waals surface area contributed by atoms with Crippen molar-refractivity contribution in [3.05, 3.63) is 47.5 Å². The van der Waals surface area contributed by atoms with Gasteiger partial charge in [-0.15, -0.1) is 0 Å². The van der Waals surface area contributed by atoms with Gasteiger partial charge in [-0.05, 0) is 55.1 Å². The first-order chi connectivity index (χ1) is 18.2. The predicted octanol–water partition coefficient (Wildman–Crippen LogP) is 3.43. The molecule has 8 nitrogen and oxygen atoms in total. The quantitative estimate of drug-likeness (QED) is 0.483. The highest BCUT2D eigenvalue weighted by Gasteiger charge is 2.43. The molecule has 5 rings (SSSR count). The summed E-state index contributed by atoms with van der Waals surface area (Å²) >= 11 is 0. The molecular weight excluding hydrogens is 475 g/mol. The minimum atomic E-state index is -0.377. The summed E-state index contributed by atoms with van der Waals surface area (Å²) in [5.41, 5.74) is 1.40. The van der Waals surface area contributed by atoms with Crippen LogP contribution in [0.2, 0.25) is 0 Å². The van der Waals surface area contributed by atoms with E-state index in [4.69, 9.17) is 14.2 Å². The number of benzene rings is 1. The largest absolute Gasteiger partial charge is 0.493 e. The molecule has 2 unspecified atom stereocenters. The SMILES string of the molecule is C1COCCN1.COCc1cnc(N2CCC(C3CC3CCOc3ccc(CC=O)c(F)c3)CC2)nc1. The molecule has 2 aliphatic heterocycles. The molecule has 2 saturated heterocycles. The van der Waals surface area contributed by atoms with Gasteiger partial charge in [-0.2, -0.15) is 0 Å². The zero-order chi connectivity index (χ0) is 25.9. The lowest BCUT2D eigenvalue weighted by Gasteiger charge is -2.32. The molecule has 0 radical (unpaired) electrons. The van der Waals surface area contributed by atoms with Crippen molar-refractivity contribution < 1.29 is 23.4 Å². The van der Waals surface area contributed by atoms with Crippen LogP contribution in [0.4, 0.5) is 10.3 Å². The number of morpholine rings is 1. The number of nitrogens with zero attached hydrogens (tertiary/aromatic N) is 3. The summed E-state index contributed by atoms with van der Waals surface area (Å²) in [5.74, 6) is 3.22. The third-order valence-corrected chi connectivity index (χ3v) is 7.34. The second-order valence-electron chi connectivity index (χ2n) is 9.93. The first-order valence-corrected chi connectivity index (χ1v) is 13.4. The molecule has 1 N–H and O–H groups in total. The maximum absolute atomic E-state index is 13.9. The van der Waals surface area contributed by atoms with E-state index in [-0.39, 0.29) is 12.2 Å². The maximum Gasteiger partial charge on any atom is 0.225 e. The smallest absolute Gasteiger partial charge is 0.225 e. The van der Waals surface area contributed by atoms with Crippen molar-refractivity contribution in [3.63, 3.8) is 0 Å². The lowest BCUT2D eigenvalue weighted by atomic mass is 9.90. The Kier molecular flexibility index (Phi) is 10.6. The van der Waals surface area contributed by atoms with E-state index in [1.165, 1.54) is 25.3 Å². The Balaban J connectivity index is 0.000000469. The van der Waals surface area contributed by atoms with Crippen LogP contribution in [0.25, 0.3) is 0 Å². The van der Waals surface area contributed by atoms with Crippen LogP contribution >= 0.6 is 0 Å². The summed E-state index contributed by atoms with van der Waals surface area (Å²) in [6.45, 7) is 6.98. The van der Waals surface area contributed by atoms with Crippen molar-refractivity contribution in [2.75, 3.05) is 58.0 Å². The van der Waals surface area contributed by atoms with Crippen molar-refractivity contribution >= 4 is 12.2 Å². The van der Waals surface area contributed by atoms with Gasteiger partial charge in [0, 0.05) is 63.7 Å². The van der Waals surface area contributed by atoms with Gasteiger partial charge in [-0.3, -0.25) is 0 Å². The Hall–Kier alpha value is -2.62. The van der Waals surface area contributed by atoms with Gasteiger partial charge in [0.1, 0.15) is 17.9 Å². The van der Waals surface area contributed by atoms with Crippen LogP contribution in [-0.4, -0.2) is 69.4 Å². The van der Waals surface area contributed by atoms with Gasteiger partial charge in [0.2, 0.25) is 5.95 Å². The van der Waals surface area contributed by atoms with Crippen LogP contribution in [0.15, 0.2) is 30.6 Å². The molecule has 2 aromatic rings. The third kappa shape index (κ3) is 8.45. The highest BCUT2D eigenvalue weighted by Crippen LogP contribution is 2.49. The standard InChI is InChI=1S/C24H30FN3O3.C4H9NO/c1-30-16-17-14-26-24(27-15-17)28-8-4-18(5-9-28)22-12-20(22)7-11-31-21-3-2-19(6-10-29)23(25)13-21;1-3-6-4-2-5-1/h2-3,10,13-15,18,20,22H,4-9,11-12,16H2,1H3;5H,1-4H2. The molecule has 202 valence electrons. The Labute approximate surface area is 218 Å². The molecule has 3 heterocycles. The van der Waals surface area contributed by atoms with E-state index in [0.717, 1.165) is 69.2 Å².